The predicted molar refractivity (Wildman–Crippen MR) is 100 cm³/mol. The lowest BCUT2D eigenvalue weighted by Gasteiger charge is -2.08. The number of carbonyl (C=O) groups excluding carboxylic acids is 2. The smallest absolute Gasteiger partial charge is 0.318 e. The summed E-state index contributed by atoms with van der Waals surface area (Å²) in [5.74, 6) is 1.75. The number of carbonyl (C=O) groups is 2. The van der Waals surface area contributed by atoms with Gasteiger partial charge in [-0.15, -0.1) is 11.8 Å². The molecule has 2 aromatic rings. The van der Waals surface area contributed by atoms with Crippen LogP contribution in [-0.2, 0) is 10.5 Å². The van der Waals surface area contributed by atoms with E-state index in [4.69, 9.17) is 5.73 Å². The summed E-state index contributed by atoms with van der Waals surface area (Å²) in [4.78, 5) is 31.3. The maximum absolute atomic E-state index is 11.3. The Morgan fingerprint density at radius 2 is 1.84 bits per heavy atom. The Morgan fingerprint density at radius 3 is 2.48 bits per heavy atom. The van der Waals surface area contributed by atoms with Gasteiger partial charge >= 0.3 is 6.03 Å². The molecule has 3 amide bonds. The molecule has 8 nitrogen and oxygen atoms in total. The van der Waals surface area contributed by atoms with E-state index in [2.05, 4.69) is 25.9 Å². The highest BCUT2D eigenvalue weighted by atomic mass is 32.2. The van der Waals surface area contributed by atoms with E-state index in [0.29, 0.717) is 28.8 Å². The van der Waals surface area contributed by atoms with Gasteiger partial charge in [-0.3, -0.25) is 4.79 Å². The van der Waals surface area contributed by atoms with Crippen molar-refractivity contribution in [3.05, 3.63) is 36.0 Å². The van der Waals surface area contributed by atoms with Crippen molar-refractivity contribution < 1.29 is 9.59 Å². The van der Waals surface area contributed by atoms with Crippen LogP contribution >= 0.6 is 11.8 Å². The van der Waals surface area contributed by atoms with Gasteiger partial charge < -0.3 is 21.7 Å². The molecule has 5 N–H and O–H groups in total. The number of amides is 3. The number of rotatable bonds is 6. The molecule has 132 valence electrons. The lowest BCUT2D eigenvalue weighted by Crippen LogP contribution is -2.24. The standard InChI is InChI=1S/C16H20N6O2S/c1-18-14(23)9-25-8-12-7-13(17)22-15(20-12)10-3-5-11(6-4-10)21-16(24)19-2/h3-7H,8-9H2,1-2H3,(H,18,23)(H2,17,20,22)(H2,19,21,24). The van der Waals surface area contributed by atoms with Crippen molar-refractivity contribution in [1.82, 2.24) is 20.6 Å². The number of benzene rings is 1. The largest absolute Gasteiger partial charge is 0.384 e. The Hall–Kier alpha value is -2.81. The molecular formula is C16H20N6O2S. The molecule has 0 unspecified atom stereocenters. The topological polar surface area (TPSA) is 122 Å². The second kappa shape index (κ2) is 8.88. The molecule has 0 aliphatic heterocycles. The molecule has 0 radical (unpaired) electrons. The van der Waals surface area contributed by atoms with Crippen LogP contribution in [0.2, 0.25) is 0 Å². The second-order valence-corrected chi connectivity index (χ2v) is 6.04. The lowest BCUT2D eigenvalue weighted by molar-refractivity contribution is -0.118. The molecule has 0 spiro atoms. The lowest BCUT2D eigenvalue weighted by atomic mass is 10.2. The minimum absolute atomic E-state index is 0.0357. The van der Waals surface area contributed by atoms with Gasteiger partial charge in [0.2, 0.25) is 5.91 Å². The van der Waals surface area contributed by atoms with Gasteiger partial charge in [0.25, 0.3) is 0 Å². The fourth-order valence-corrected chi connectivity index (χ4v) is 2.73. The van der Waals surface area contributed by atoms with E-state index in [1.54, 1.807) is 32.3 Å². The zero-order chi connectivity index (χ0) is 18.2. The van der Waals surface area contributed by atoms with Crippen LogP contribution in [0.5, 0.6) is 0 Å². The first-order valence-corrected chi connectivity index (χ1v) is 8.68. The average Bonchev–Trinajstić information content (AvgIpc) is 2.61. The van der Waals surface area contributed by atoms with Crippen LogP contribution in [0.15, 0.2) is 30.3 Å². The molecular weight excluding hydrogens is 340 g/mol. The third kappa shape index (κ3) is 5.64. The number of nitrogens with two attached hydrogens (primary N) is 1. The molecule has 0 aliphatic carbocycles. The van der Waals surface area contributed by atoms with Crippen molar-refractivity contribution in [2.24, 2.45) is 0 Å². The van der Waals surface area contributed by atoms with Crippen LogP contribution in [0, 0.1) is 0 Å². The van der Waals surface area contributed by atoms with Crippen LogP contribution < -0.4 is 21.7 Å². The van der Waals surface area contributed by atoms with E-state index in [1.165, 1.54) is 11.8 Å². The van der Waals surface area contributed by atoms with Gasteiger partial charge in [0.05, 0.1) is 11.4 Å². The summed E-state index contributed by atoms with van der Waals surface area (Å²) >= 11 is 1.45. The van der Waals surface area contributed by atoms with E-state index in [1.807, 2.05) is 12.1 Å². The Balaban J connectivity index is 2.10. The summed E-state index contributed by atoms with van der Waals surface area (Å²) in [6.07, 6.45) is 0. The Bertz CT molecular complexity index is 751. The number of nitrogens with zero attached hydrogens (tertiary/aromatic N) is 2. The molecule has 1 aromatic carbocycles. The Labute approximate surface area is 150 Å². The van der Waals surface area contributed by atoms with Gasteiger partial charge in [-0.25, -0.2) is 14.8 Å². The molecule has 1 heterocycles. The summed E-state index contributed by atoms with van der Waals surface area (Å²) in [6, 6.07) is 8.54. The third-order valence-corrected chi connectivity index (χ3v) is 4.16. The first-order valence-electron chi connectivity index (χ1n) is 7.52. The van der Waals surface area contributed by atoms with E-state index in [-0.39, 0.29) is 11.9 Å². The molecule has 0 bridgehead atoms. The fourth-order valence-electron chi connectivity index (χ4n) is 1.94. The van der Waals surface area contributed by atoms with Gasteiger partial charge in [-0.05, 0) is 24.3 Å². The van der Waals surface area contributed by atoms with Gasteiger partial charge in [-0.1, -0.05) is 0 Å². The van der Waals surface area contributed by atoms with E-state index in [0.717, 1.165) is 11.3 Å². The minimum atomic E-state index is -0.289. The van der Waals surface area contributed by atoms with E-state index in [9.17, 15) is 9.59 Å². The number of nitrogens with one attached hydrogen (secondary N) is 3. The summed E-state index contributed by atoms with van der Waals surface area (Å²) in [6.45, 7) is 0. The van der Waals surface area contributed by atoms with Gasteiger partial charge in [0, 0.05) is 37.2 Å². The molecule has 0 saturated heterocycles. The van der Waals surface area contributed by atoms with Crippen LogP contribution in [0.4, 0.5) is 16.3 Å². The van der Waals surface area contributed by atoms with Crippen LogP contribution in [-0.4, -0.2) is 41.8 Å². The fraction of sp³-hybridized carbons (Fsp3) is 0.250. The quantitative estimate of drug-likeness (QED) is 0.619. The van der Waals surface area contributed by atoms with Crippen molar-refractivity contribution in [3.63, 3.8) is 0 Å². The van der Waals surface area contributed by atoms with Gasteiger partial charge in [0.1, 0.15) is 5.82 Å². The molecule has 2 rings (SSSR count). The first kappa shape index (κ1) is 18.5. The van der Waals surface area contributed by atoms with Gasteiger partial charge in [-0.2, -0.15) is 0 Å². The number of aromatic nitrogens is 2. The molecule has 0 aliphatic rings. The predicted octanol–water partition coefficient (Wildman–Crippen LogP) is 1.46. The van der Waals surface area contributed by atoms with Crippen molar-refractivity contribution in [2.45, 2.75) is 5.75 Å². The highest BCUT2D eigenvalue weighted by molar-refractivity contribution is 7.99. The zero-order valence-corrected chi connectivity index (χ0v) is 14.8. The Kier molecular flexibility index (Phi) is 6.58. The summed E-state index contributed by atoms with van der Waals surface area (Å²) in [5, 5.41) is 7.74. The summed E-state index contributed by atoms with van der Waals surface area (Å²) < 4.78 is 0. The molecule has 0 fully saturated rings. The third-order valence-electron chi connectivity index (χ3n) is 3.19. The van der Waals surface area contributed by atoms with Crippen LogP contribution in [0.1, 0.15) is 5.69 Å². The number of thioether (sulfide) groups is 1. The maximum Gasteiger partial charge on any atom is 0.318 e. The monoisotopic (exact) mass is 360 g/mol. The minimum Gasteiger partial charge on any atom is -0.384 e. The Morgan fingerprint density at radius 1 is 1.12 bits per heavy atom. The van der Waals surface area contributed by atoms with Crippen LogP contribution in [0.3, 0.4) is 0 Å². The highest BCUT2D eigenvalue weighted by Crippen LogP contribution is 2.21. The van der Waals surface area contributed by atoms with Crippen molar-refractivity contribution in [3.8, 4) is 11.4 Å². The molecule has 1 aromatic heterocycles. The number of nitrogen functional groups attached to an aromatic ring is 1. The van der Waals surface area contributed by atoms with Crippen LogP contribution in [0.25, 0.3) is 11.4 Å². The summed E-state index contributed by atoms with van der Waals surface area (Å²) in [7, 11) is 3.15. The van der Waals surface area contributed by atoms with Crippen molar-refractivity contribution >= 4 is 35.2 Å². The highest BCUT2D eigenvalue weighted by Gasteiger charge is 2.08. The van der Waals surface area contributed by atoms with E-state index < -0.39 is 0 Å². The molecule has 9 heteroatoms. The number of urea groups is 1. The second-order valence-electron chi connectivity index (χ2n) is 5.06. The summed E-state index contributed by atoms with van der Waals surface area (Å²) in [5.41, 5.74) is 8.06. The first-order chi connectivity index (χ1) is 12.0. The number of hydrogen-bond donors (Lipinski definition) is 4. The average molecular weight is 360 g/mol. The number of anilines is 2. The van der Waals surface area contributed by atoms with Gasteiger partial charge in [0.15, 0.2) is 5.82 Å². The molecule has 0 atom stereocenters. The molecule has 0 saturated carbocycles. The maximum atomic E-state index is 11.3. The normalized spacial score (nSPS) is 10.2. The van der Waals surface area contributed by atoms with E-state index >= 15 is 0 Å². The SMILES string of the molecule is CNC(=O)CSCc1cc(N)nc(-c2ccc(NC(=O)NC)cc2)n1. The van der Waals surface area contributed by atoms with Crippen molar-refractivity contribution in [2.75, 3.05) is 30.9 Å². The zero-order valence-electron chi connectivity index (χ0n) is 14.0. The molecule has 25 heavy (non-hydrogen) atoms. The number of hydrogen-bond acceptors (Lipinski definition) is 6. The van der Waals surface area contributed by atoms with Crippen molar-refractivity contribution in [1.29, 1.82) is 0 Å².